The Hall–Kier alpha value is -3.70. The van der Waals surface area contributed by atoms with E-state index in [1.54, 1.807) is 12.1 Å². The van der Waals surface area contributed by atoms with Crippen molar-refractivity contribution in [1.82, 2.24) is 19.1 Å². The van der Waals surface area contributed by atoms with Crippen molar-refractivity contribution in [2.45, 2.75) is 32.4 Å². The van der Waals surface area contributed by atoms with Gasteiger partial charge in [0.2, 0.25) is 5.95 Å². The molecule has 2 heterocycles. The van der Waals surface area contributed by atoms with Crippen LogP contribution in [0.15, 0.2) is 61.6 Å². The quantitative estimate of drug-likeness (QED) is 0.200. The van der Waals surface area contributed by atoms with Gasteiger partial charge < -0.3 is 14.8 Å². The van der Waals surface area contributed by atoms with E-state index in [9.17, 15) is 19.8 Å². The molecule has 0 spiro atoms. The topological polar surface area (TPSA) is 138 Å². The van der Waals surface area contributed by atoms with Gasteiger partial charge in [-0.05, 0) is 35.7 Å². The number of aliphatic hydroxyl groups is 1. The molecule has 0 radical (unpaired) electrons. The van der Waals surface area contributed by atoms with Crippen LogP contribution < -0.4 is 16.7 Å². The van der Waals surface area contributed by atoms with Gasteiger partial charge in [-0.2, -0.15) is 10.1 Å². The molecule has 0 aliphatic heterocycles. The van der Waals surface area contributed by atoms with Crippen molar-refractivity contribution in [1.29, 1.82) is 0 Å². The van der Waals surface area contributed by atoms with Gasteiger partial charge in [-0.25, -0.2) is 10.2 Å². The SMILES string of the molecule is CCc1ccc(C[C@@H](O)Cn2c(N/N=C/c3cc(Br)ccc3O)nc3c2c(=O)[nH]c(=O)n3C)cc1. The Morgan fingerprint density at radius 3 is 2.63 bits per heavy atom. The molecule has 0 aliphatic carbocycles. The van der Waals surface area contributed by atoms with Crippen molar-refractivity contribution in [2.24, 2.45) is 12.1 Å². The lowest BCUT2D eigenvalue weighted by molar-refractivity contribution is 0.156. The first-order valence-corrected chi connectivity index (χ1v) is 11.8. The Kier molecular flexibility index (Phi) is 7.17. The molecular formula is C24H25BrN6O4. The van der Waals surface area contributed by atoms with Crippen LogP contribution in [0, 0.1) is 0 Å². The highest BCUT2D eigenvalue weighted by molar-refractivity contribution is 9.10. The first-order valence-electron chi connectivity index (χ1n) is 11.0. The number of aromatic amines is 1. The molecule has 4 N–H and O–H groups in total. The number of anilines is 1. The molecule has 0 aliphatic rings. The van der Waals surface area contributed by atoms with Gasteiger partial charge in [0.25, 0.3) is 5.56 Å². The fourth-order valence-electron chi connectivity index (χ4n) is 3.74. The summed E-state index contributed by atoms with van der Waals surface area (Å²) >= 11 is 3.34. The van der Waals surface area contributed by atoms with Crippen molar-refractivity contribution in [3.05, 3.63) is 84.5 Å². The molecule has 2 aromatic heterocycles. The van der Waals surface area contributed by atoms with Gasteiger partial charge in [0.15, 0.2) is 11.2 Å². The highest BCUT2D eigenvalue weighted by Crippen LogP contribution is 2.21. The summed E-state index contributed by atoms with van der Waals surface area (Å²) in [4.78, 5) is 31.4. The monoisotopic (exact) mass is 540 g/mol. The Morgan fingerprint density at radius 1 is 1.20 bits per heavy atom. The summed E-state index contributed by atoms with van der Waals surface area (Å²) in [5, 5.41) is 25.0. The summed E-state index contributed by atoms with van der Waals surface area (Å²) in [6, 6.07) is 12.9. The molecule has 182 valence electrons. The van der Waals surface area contributed by atoms with Crippen molar-refractivity contribution < 1.29 is 10.2 Å². The second-order valence-electron chi connectivity index (χ2n) is 8.14. The fraction of sp³-hybridized carbons (Fsp3) is 0.250. The second-order valence-corrected chi connectivity index (χ2v) is 9.05. The first kappa shape index (κ1) is 24.4. The molecular weight excluding hydrogens is 516 g/mol. The number of aliphatic hydroxyl groups excluding tert-OH is 1. The summed E-state index contributed by atoms with van der Waals surface area (Å²) in [6.45, 7) is 2.11. The minimum absolute atomic E-state index is 0.0350. The van der Waals surface area contributed by atoms with Crippen molar-refractivity contribution in [3.63, 3.8) is 0 Å². The highest BCUT2D eigenvalue weighted by atomic mass is 79.9. The number of hydrazone groups is 1. The van der Waals surface area contributed by atoms with Gasteiger partial charge >= 0.3 is 5.69 Å². The molecule has 0 saturated carbocycles. The lowest BCUT2D eigenvalue weighted by atomic mass is 10.0. The Labute approximate surface area is 208 Å². The van der Waals surface area contributed by atoms with Crippen molar-refractivity contribution in [2.75, 3.05) is 5.43 Å². The molecule has 0 fully saturated rings. The molecule has 0 saturated heterocycles. The zero-order chi connectivity index (χ0) is 25.1. The number of imidazole rings is 1. The van der Waals surface area contributed by atoms with Crippen LogP contribution in [0.3, 0.4) is 0 Å². The van der Waals surface area contributed by atoms with E-state index in [1.165, 1.54) is 34.0 Å². The van der Waals surface area contributed by atoms with Gasteiger partial charge in [0.05, 0.1) is 18.9 Å². The molecule has 2 aromatic carbocycles. The molecule has 11 heteroatoms. The largest absolute Gasteiger partial charge is 0.507 e. The minimum Gasteiger partial charge on any atom is -0.507 e. The number of aryl methyl sites for hydroxylation is 2. The smallest absolute Gasteiger partial charge is 0.329 e. The maximum absolute atomic E-state index is 12.7. The number of hydrogen-bond acceptors (Lipinski definition) is 7. The number of fused-ring (bicyclic) bond motifs is 1. The number of hydrogen-bond donors (Lipinski definition) is 4. The van der Waals surface area contributed by atoms with E-state index in [-0.39, 0.29) is 29.4 Å². The van der Waals surface area contributed by atoms with Gasteiger partial charge in [0.1, 0.15) is 5.75 Å². The number of phenols is 1. The number of aromatic nitrogens is 4. The van der Waals surface area contributed by atoms with Gasteiger partial charge in [-0.3, -0.25) is 14.3 Å². The predicted molar refractivity (Wildman–Crippen MR) is 138 cm³/mol. The standard InChI is InChI=1S/C24H25BrN6O4/c1-3-14-4-6-15(7-5-14)10-18(32)13-31-20-21(30(2)24(35)28-22(20)34)27-23(31)29-26-12-16-11-17(25)8-9-19(16)33/h4-9,11-12,18,32-33H,3,10,13H2,1-2H3,(H,27,29)(H,28,34,35)/b26-12+/t18-/m1/s1. The highest BCUT2D eigenvalue weighted by Gasteiger charge is 2.20. The molecule has 4 rings (SSSR count). The normalized spacial score (nSPS) is 12.5. The van der Waals surface area contributed by atoms with Crippen LogP contribution in [0.25, 0.3) is 11.2 Å². The van der Waals surface area contributed by atoms with Crippen LogP contribution in [-0.4, -0.2) is 41.6 Å². The van der Waals surface area contributed by atoms with Gasteiger partial charge in [-0.1, -0.05) is 47.1 Å². The molecule has 0 unspecified atom stereocenters. The van der Waals surface area contributed by atoms with E-state index in [2.05, 4.69) is 43.3 Å². The van der Waals surface area contributed by atoms with E-state index < -0.39 is 17.4 Å². The van der Waals surface area contributed by atoms with E-state index in [1.807, 2.05) is 24.3 Å². The van der Waals surface area contributed by atoms with Gasteiger partial charge in [0, 0.05) is 23.5 Å². The maximum atomic E-state index is 12.7. The van der Waals surface area contributed by atoms with Crippen molar-refractivity contribution in [3.8, 4) is 5.75 Å². The van der Waals surface area contributed by atoms with Gasteiger partial charge in [-0.15, -0.1) is 0 Å². The fourth-order valence-corrected chi connectivity index (χ4v) is 4.12. The number of aromatic hydroxyl groups is 1. The van der Waals surface area contributed by atoms with Crippen molar-refractivity contribution >= 4 is 39.3 Å². The molecule has 0 bridgehead atoms. The Morgan fingerprint density at radius 2 is 1.91 bits per heavy atom. The third-order valence-electron chi connectivity index (χ3n) is 5.66. The molecule has 0 amide bonds. The molecule has 4 aromatic rings. The van der Waals surface area contributed by atoms with Crippen LogP contribution in [0.1, 0.15) is 23.6 Å². The summed E-state index contributed by atoms with van der Waals surface area (Å²) in [6.07, 6.45) is 1.86. The van der Waals surface area contributed by atoms with Crippen LogP contribution in [0.5, 0.6) is 5.75 Å². The number of halogens is 1. The molecule has 35 heavy (non-hydrogen) atoms. The van der Waals surface area contributed by atoms with E-state index in [0.29, 0.717) is 12.0 Å². The average Bonchev–Trinajstić information content (AvgIpc) is 3.19. The summed E-state index contributed by atoms with van der Waals surface area (Å²) in [5.74, 6) is 0.202. The van der Waals surface area contributed by atoms with E-state index in [4.69, 9.17) is 0 Å². The lowest BCUT2D eigenvalue weighted by Crippen LogP contribution is -2.30. The molecule has 10 nitrogen and oxygen atoms in total. The minimum atomic E-state index is -0.838. The Bertz CT molecular complexity index is 1500. The van der Waals surface area contributed by atoms with Crippen LogP contribution >= 0.6 is 15.9 Å². The number of nitrogens with zero attached hydrogens (tertiary/aromatic N) is 4. The van der Waals surface area contributed by atoms with Crippen LogP contribution in [-0.2, 0) is 26.4 Å². The average molecular weight is 541 g/mol. The summed E-state index contributed by atoms with van der Waals surface area (Å²) < 4.78 is 3.48. The number of H-pyrrole nitrogens is 1. The third-order valence-corrected chi connectivity index (χ3v) is 6.15. The Balaban J connectivity index is 1.67. The van der Waals surface area contributed by atoms with E-state index in [0.717, 1.165) is 16.5 Å². The predicted octanol–water partition coefficient (Wildman–Crippen LogP) is 2.50. The lowest BCUT2D eigenvalue weighted by Gasteiger charge is -2.14. The second kappa shape index (κ2) is 10.3. The summed E-state index contributed by atoms with van der Waals surface area (Å²) in [5.41, 5.74) is 4.46. The van der Waals surface area contributed by atoms with Crippen LogP contribution in [0.4, 0.5) is 5.95 Å². The number of rotatable bonds is 8. The maximum Gasteiger partial charge on any atom is 0.329 e. The molecule has 1 atom stereocenters. The van der Waals surface area contributed by atoms with E-state index >= 15 is 0 Å². The number of benzene rings is 2. The number of phenolic OH excluding ortho intramolecular Hbond substituents is 1. The third kappa shape index (κ3) is 5.36. The number of nitrogens with one attached hydrogen (secondary N) is 2. The summed E-state index contributed by atoms with van der Waals surface area (Å²) in [7, 11) is 1.50. The first-order chi connectivity index (χ1) is 16.8. The zero-order valence-corrected chi connectivity index (χ0v) is 20.8. The van der Waals surface area contributed by atoms with Crippen LogP contribution in [0.2, 0.25) is 0 Å². The zero-order valence-electron chi connectivity index (χ0n) is 19.2.